The van der Waals surface area contributed by atoms with Crippen LogP contribution in [0.3, 0.4) is 0 Å². The summed E-state index contributed by atoms with van der Waals surface area (Å²) in [6.45, 7) is 1.42. The van der Waals surface area contributed by atoms with E-state index in [-0.39, 0.29) is 21.9 Å². The number of aromatic hydroxyl groups is 1. The predicted octanol–water partition coefficient (Wildman–Crippen LogP) is 0.597. The Balaban J connectivity index is 2.40. The lowest BCUT2D eigenvalue weighted by atomic mass is 10.2. The summed E-state index contributed by atoms with van der Waals surface area (Å²) in [5.74, 6) is -1.10. The van der Waals surface area contributed by atoms with Crippen LogP contribution in [0.1, 0.15) is 22.8 Å². The van der Waals surface area contributed by atoms with Crippen molar-refractivity contribution in [3.8, 4) is 5.88 Å². The van der Waals surface area contributed by atoms with Crippen LogP contribution in [0.5, 0.6) is 5.88 Å². The zero-order chi connectivity index (χ0) is 18.0. The van der Waals surface area contributed by atoms with Crippen LogP contribution in [0, 0.1) is 0 Å². The molecule has 2 aromatic rings. The smallest absolute Gasteiger partial charge is 0.333 e. The van der Waals surface area contributed by atoms with E-state index >= 15 is 0 Å². The van der Waals surface area contributed by atoms with Crippen molar-refractivity contribution in [3.63, 3.8) is 0 Å². The Kier molecular flexibility index (Phi) is 4.89. The number of hydrogen-bond acceptors (Lipinski definition) is 5. The Morgan fingerprint density at radius 2 is 1.83 bits per heavy atom. The van der Waals surface area contributed by atoms with Crippen molar-refractivity contribution >= 4 is 23.2 Å². The summed E-state index contributed by atoms with van der Waals surface area (Å²) < 4.78 is 1.75. The van der Waals surface area contributed by atoms with Crippen LogP contribution in [-0.2, 0) is 14.1 Å². The molecule has 24 heavy (non-hydrogen) atoms. The molecule has 0 spiro atoms. The van der Waals surface area contributed by atoms with Gasteiger partial charge in [-0.15, -0.1) is 0 Å². The summed E-state index contributed by atoms with van der Waals surface area (Å²) in [7, 11) is 2.60. The number of amides is 1. The zero-order valence-corrected chi connectivity index (χ0v) is 14.0. The molecule has 9 heteroatoms. The number of nitrogens with zero attached hydrogens (tertiary/aromatic N) is 3. The van der Waals surface area contributed by atoms with E-state index < -0.39 is 23.0 Å². The number of hydrazone groups is 1. The average Bonchev–Trinajstić information content (AvgIpc) is 2.56. The molecule has 0 atom stereocenters. The van der Waals surface area contributed by atoms with E-state index in [4.69, 9.17) is 11.6 Å². The molecule has 1 aromatic heterocycles. The lowest BCUT2D eigenvalue weighted by molar-refractivity contribution is 0.0955. The fourth-order valence-electron chi connectivity index (χ4n) is 2.05. The van der Waals surface area contributed by atoms with Crippen LogP contribution in [0.25, 0.3) is 0 Å². The average molecular weight is 351 g/mol. The fourth-order valence-corrected chi connectivity index (χ4v) is 2.27. The second-order valence-corrected chi connectivity index (χ2v) is 5.43. The molecular weight excluding hydrogens is 336 g/mol. The van der Waals surface area contributed by atoms with E-state index in [0.717, 1.165) is 9.13 Å². The molecule has 0 radical (unpaired) electrons. The van der Waals surface area contributed by atoms with Gasteiger partial charge < -0.3 is 5.11 Å². The largest absolute Gasteiger partial charge is 0.494 e. The molecule has 126 valence electrons. The van der Waals surface area contributed by atoms with Crippen molar-refractivity contribution in [2.24, 2.45) is 19.2 Å². The number of benzene rings is 1. The summed E-state index contributed by atoms with van der Waals surface area (Å²) in [6, 6.07) is 6.40. The lowest BCUT2D eigenvalue weighted by Crippen LogP contribution is -2.40. The van der Waals surface area contributed by atoms with Gasteiger partial charge in [-0.3, -0.25) is 18.7 Å². The Morgan fingerprint density at radius 1 is 1.21 bits per heavy atom. The van der Waals surface area contributed by atoms with Crippen molar-refractivity contribution in [2.75, 3.05) is 0 Å². The number of carbonyl (C=O) groups excluding carboxylic acids is 1. The van der Waals surface area contributed by atoms with Crippen LogP contribution in [-0.4, -0.2) is 25.9 Å². The van der Waals surface area contributed by atoms with E-state index in [0.29, 0.717) is 0 Å². The van der Waals surface area contributed by atoms with Crippen molar-refractivity contribution in [1.29, 1.82) is 0 Å². The van der Waals surface area contributed by atoms with Gasteiger partial charge in [0.25, 0.3) is 11.5 Å². The maximum atomic E-state index is 12.1. The van der Waals surface area contributed by atoms with E-state index in [1.165, 1.54) is 27.1 Å². The minimum absolute atomic E-state index is 0.0455. The summed E-state index contributed by atoms with van der Waals surface area (Å²) >= 11 is 5.92. The second-order valence-electron chi connectivity index (χ2n) is 5.02. The van der Waals surface area contributed by atoms with Gasteiger partial charge >= 0.3 is 5.69 Å². The summed E-state index contributed by atoms with van der Waals surface area (Å²) in [5, 5.41) is 14.1. The van der Waals surface area contributed by atoms with Gasteiger partial charge in [0, 0.05) is 14.1 Å². The molecule has 2 rings (SSSR count). The number of carbonyl (C=O) groups is 1. The van der Waals surface area contributed by atoms with Gasteiger partial charge in [-0.25, -0.2) is 10.2 Å². The Labute approximate surface area is 141 Å². The van der Waals surface area contributed by atoms with Crippen LogP contribution in [0.2, 0.25) is 5.02 Å². The summed E-state index contributed by atoms with van der Waals surface area (Å²) in [5.41, 5.74) is 0.953. The molecule has 1 heterocycles. The topological polar surface area (TPSA) is 106 Å². The highest BCUT2D eigenvalue weighted by atomic mass is 35.5. The number of rotatable bonds is 3. The maximum absolute atomic E-state index is 12.1. The van der Waals surface area contributed by atoms with Gasteiger partial charge in [0.2, 0.25) is 5.88 Å². The van der Waals surface area contributed by atoms with E-state index in [2.05, 4.69) is 10.5 Å². The highest BCUT2D eigenvalue weighted by molar-refractivity contribution is 6.33. The molecule has 0 saturated heterocycles. The van der Waals surface area contributed by atoms with Crippen molar-refractivity contribution in [2.45, 2.75) is 6.92 Å². The number of hydrogen-bond donors (Lipinski definition) is 2. The summed E-state index contributed by atoms with van der Waals surface area (Å²) in [4.78, 5) is 35.9. The highest BCUT2D eigenvalue weighted by Crippen LogP contribution is 2.14. The minimum Gasteiger partial charge on any atom is -0.494 e. The lowest BCUT2D eigenvalue weighted by Gasteiger charge is -2.10. The third kappa shape index (κ3) is 3.09. The van der Waals surface area contributed by atoms with Gasteiger partial charge in [-0.05, 0) is 19.1 Å². The van der Waals surface area contributed by atoms with E-state index in [1.807, 2.05) is 0 Å². The molecule has 0 saturated carbocycles. The van der Waals surface area contributed by atoms with Gasteiger partial charge in [0.1, 0.15) is 5.56 Å². The molecule has 1 aromatic carbocycles. The first-order valence-electron chi connectivity index (χ1n) is 6.84. The summed E-state index contributed by atoms with van der Waals surface area (Å²) in [6.07, 6.45) is 0. The van der Waals surface area contributed by atoms with Gasteiger partial charge in [-0.1, -0.05) is 23.7 Å². The van der Waals surface area contributed by atoms with Crippen LogP contribution in [0.4, 0.5) is 0 Å². The van der Waals surface area contributed by atoms with Gasteiger partial charge in [-0.2, -0.15) is 5.10 Å². The SMILES string of the molecule is CC(=NNC(=O)c1ccccc1Cl)c1c(O)n(C)c(=O)n(C)c1=O. The number of nitrogens with one attached hydrogen (secondary N) is 1. The van der Waals surface area contributed by atoms with E-state index in [9.17, 15) is 19.5 Å². The third-order valence-corrected chi connectivity index (χ3v) is 3.77. The standard InChI is InChI=1S/C15H15ClN4O4/c1-8(11-13(22)19(2)15(24)20(3)14(11)23)17-18-12(21)9-6-4-5-7-10(9)16/h4-7,22H,1-3H3,(H,18,21). The Bertz CT molecular complexity index is 959. The van der Waals surface area contributed by atoms with E-state index in [1.54, 1.807) is 18.2 Å². The first-order chi connectivity index (χ1) is 11.3. The molecular formula is C15H15ClN4O4. The van der Waals surface area contributed by atoms with Gasteiger partial charge in [0.05, 0.1) is 16.3 Å². The molecule has 0 aliphatic rings. The number of aromatic nitrogens is 2. The maximum Gasteiger partial charge on any atom is 0.333 e. The van der Waals surface area contributed by atoms with Crippen LogP contribution in [0.15, 0.2) is 39.0 Å². The molecule has 8 nitrogen and oxygen atoms in total. The highest BCUT2D eigenvalue weighted by Gasteiger charge is 2.18. The minimum atomic E-state index is -0.719. The predicted molar refractivity (Wildman–Crippen MR) is 89.7 cm³/mol. The van der Waals surface area contributed by atoms with Crippen LogP contribution < -0.4 is 16.7 Å². The number of halogens is 1. The molecule has 0 aliphatic heterocycles. The first kappa shape index (κ1) is 17.5. The van der Waals surface area contributed by atoms with Gasteiger partial charge in [0.15, 0.2) is 0 Å². The van der Waals surface area contributed by atoms with Crippen molar-refractivity contribution in [1.82, 2.24) is 14.6 Å². The monoisotopic (exact) mass is 350 g/mol. The Morgan fingerprint density at radius 3 is 2.46 bits per heavy atom. The first-order valence-corrected chi connectivity index (χ1v) is 7.22. The second kappa shape index (κ2) is 6.71. The van der Waals surface area contributed by atoms with Crippen molar-refractivity contribution in [3.05, 3.63) is 61.3 Å². The quantitative estimate of drug-likeness (QED) is 0.624. The zero-order valence-electron chi connectivity index (χ0n) is 13.2. The molecule has 1 amide bonds. The molecule has 2 N–H and O–H groups in total. The van der Waals surface area contributed by atoms with Crippen molar-refractivity contribution < 1.29 is 9.90 Å². The molecule has 0 fully saturated rings. The fraction of sp³-hybridized carbons (Fsp3) is 0.200. The molecule has 0 aliphatic carbocycles. The normalized spacial score (nSPS) is 11.4. The van der Waals surface area contributed by atoms with Crippen LogP contribution >= 0.6 is 11.6 Å². The Hall–Kier alpha value is -2.87. The molecule has 0 unspecified atom stereocenters. The molecule has 0 bridgehead atoms. The third-order valence-electron chi connectivity index (χ3n) is 3.44.